The standard InChI is InChI=1S/C17H22N2S/c1-14(18(2)3)13-19(15-9-5-4-6-10-15)16-11-7-8-12-17(16)20/h4-12,14,20H,13H2,1-3H3. The molecular weight excluding hydrogens is 264 g/mol. The van der Waals surface area contributed by atoms with Crippen molar-refractivity contribution in [2.24, 2.45) is 0 Å². The topological polar surface area (TPSA) is 6.48 Å². The number of thiol groups is 1. The van der Waals surface area contributed by atoms with Gasteiger partial charge in [0.1, 0.15) is 0 Å². The molecular formula is C17H22N2S. The first-order valence-electron chi connectivity index (χ1n) is 6.86. The maximum absolute atomic E-state index is 4.61. The normalized spacial score (nSPS) is 12.4. The van der Waals surface area contributed by atoms with Crippen molar-refractivity contribution in [3.05, 3.63) is 54.6 Å². The van der Waals surface area contributed by atoms with Gasteiger partial charge in [-0.15, -0.1) is 12.6 Å². The minimum atomic E-state index is 0.447. The van der Waals surface area contributed by atoms with E-state index in [0.29, 0.717) is 6.04 Å². The Morgan fingerprint density at radius 2 is 1.55 bits per heavy atom. The summed E-state index contributed by atoms with van der Waals surface area (Å²) in [5.41, 5.74) is 2.35. The van der Waals surface area contributed by atoms with Crippen molar-refractivity contribution >= 4 is 24.0 Å². The molecule has 0 aliphatic rings. The Kier molecular flexibility index (Phi) is 5.10. The summed E-state index contributed by atoms with van der Waals surface area (Å²) in [5.74, 6) is 0. The van der Waals surface area contributed by atoms with E-state index < -0.39 is 0 Å². The van der Waals surface area contributed by atoms with Crippen molar-refractivity contribution in [2.75, 3.05) is 25.5 Å². The van der Waals surface area contributed by atoms with Gasteiger partial charge in [0.2, 0.25) is 0 Å². The molecule has 1 unspecified atom stereocenters. The lowest BCUT2D eigenvalue weighted by molar-refractivity contribution is 0.319. The fourth-order valence-corrected chi connectivity index (χ4v) is 2.35. The van der Waals surface area contributed by atoms with E-state index in [0.717, 1.165) is 17.1 Å². The molecule has 2 nitrogen and oxygen atoms in total. The van der Waals surface area contributed by atoms with Gasteiger partial charge in [-0.1, -0.05) is 30.3 Å². The van der Waals surface area contributed by atoms with Crippen LogP contribution in [0.4, 0.5) is 11.4 Å². The lowest BCUT2D eigenvalue weighted by Crippen LogP contribution is -2.36. The number of para-hydroxylation sites is 2. The van der Waals surface area contributed by atoms with Crippen LogP contribution in [0.2, 0.25) is 0 Å². The van der Waals surface area contributed by atoms with Gasteiger partial charge in [0, 0.05) is 23.2 Å². The number of hydrogen-bond donors (Lipinski definition) is 1. The Labute approximate surface area is 127 Å². The van der Waals surface area contributed by atoms with Gasteiger partial charge in [0.05, 0.1) is 5.69 Å². The third kappa shape index (κ3) is 3.56. The van der Waals surface area contributed by atoms with E-state index in [1.165, 1.54) is 5.69 Å². The third-order valence-electron chi connectivity index (χ3n) is 3.57. The molecule has 0 heterocycles. The summed E-state index contributed by atoms with van der Waals surface area (Å²) in [4.78, 5) is 5.56. The van der Waals surface area contributed by atoms with Crippen LogP contribution in [-0.2, 0) is 0 Å². The molecule has 1 atom stereocenters. The second-order valence-corrected chi connectivity index (χ2v) is 5.73. The van der Waals surface area contributed by atoms with E-state index in [-0.39, 0.29) is 0 Å². The summed E-state index contributed by atoms with van der Waals surface area (Å²) < 4.78 is 0. The Bertz CT molecular complexity index is 540. The van der Waals surface area contributed by atoms with Crippen molar-refractivity contribution in [3.8, 4) is 0 Å². The van der Waals surface area contributed by atoms with Gasteiger partial charge in [-0.05, 0) is 45.3 Å². The molecule has 0 N–H and O–H groups in total. The first-order valence-corrected chi connectivity index (χ1v) is 7.31. The number of anilines is 2. The molecule has 0 spiro atoms. The average Bonchev–Trinajstić information content (AvgIpc) is 2.46. The Balaban J connectivity index is 2.37. The molecule has 0 aliphatic carbocycles. The first kappa shape index (κ1) is 14.9. The number of hydrogen-bond acceptors (Lipinski definition) is 3. The highest BCUT2D eigenvalue weighted by atomic mass is 32.1. The van der Waals surface area contributed by atoms with Crippen molar-refractivity contribution in [1.82, 2.24) is 4.90 Å². The van der Waals surface area contributed by atoms with E-state index in [4.69, 9.17) is 0 Å². The number of rotatable bonds is 5. The van der Waals surface area contributed by atoms with Gasteiger partial charge < -0.3 is 9.80 Å². The number of nitrogens with zero attached hydrogens (tertiary/aromatic N) is 2. The smallest absolute Gasteiger partial charge is 0.0546 e. The summed E-state index contributed by atoms with van der Waals surface area (Å²) in [7, 11) is 4.22. The van der Waals surface area contributed by atoms with E-state index in [1.54, 1.807) is 0 Å². The second kappa shape index (κ2) is 6.82. The third-order valence-corrected chi connectivity index (χ3v) is 3.95. The molecule has 106 valence electrons. The summed E-state index contributed by atoms with van der Waals surface area (Å²) >= 11 is 4.61. The van der Waals surface area contributed by atoms with E-state index in [2.05, 4.69) is 79.8 Å². The van der Waals surface area contributed by atoms with E-state index >= 15 is 0 Å². The van der Waals surface area contributed by atoms with Crippen LogP contribution in [-0.4, -0.2) is 31.6 Å². The van der Waals surface area contributed by atoms with Crippen LogP contribution in [0.15, 0.2) is 59.5 Å². The number of benzene rings is 2. The van der Waals surface area contributed by atoms with Gasteiger partial charge in [-0.25, -0.2) is 0 Å². The molecule has 2 aromatic carbocycles. The Morgan fingerprint density at radius 3 is 2.15 bits per heavy atom. The molecule has 0 aliphatic heterocycles. The van der Waals surface area contributed by atoms with Gasteiger partial charge >= 0.3 is 0 Å². The zero-order valence-corrected chi connectivity index (χ0v) is 13.2. The van der Waals surface area contributed by atoms with Crippen LogP contribution in [0.1, 0.15) is 6.92 Å². The molecule has 0 radical (unpaired) electrons. The zero-order valence-electron chi connectivity index (χ0n) is 12.3. The van der Waals surface area contributed by atoms with Gasteiger partial charge in [0.25, 0.3) is 0 Å². The summed E-state index contributed by atoms with van der Waals surface area (Å²) in [5, 5.41) is 0. The molecule has 0 fully saturated rings. The monoisotopic (exact) mass is 286 g/mol. The largest absolute Gasteiger partial charge is 0.339 e. The van der Waals surface area contributed by atoms with E-state index in [1.807, 2.05) is 18.2 Å². The highest BCUT2D eigenvalue weighted by molar-refractivity contribution is 7.80. The molecule has 3 heteroatoms. The maximum Gasteiger partial charge on any atom is 0.0546 e. The van der Waals surface area contributed by atoms with Crippen LogP contribution in [0.5, 0.6) is 0 Å². The minimum Gasteiger partial charge on any atom is -0.339 e. The summed E-state index contributed by atoms with van der Waals surface area (Å²) in [6.45, 7) is 3.16. The molecule has 0 bridgehead atoms. The molecule has 0 aromatic heterocycles. The minimum absolute atomic E-state index is 0.447. The number of likely N-dealkylation sites (N-methyl/N-ethyl adjacent to an activating group) is 1. The van der Waals surface area contributed by atoms with Crippen molar-refractivity contribution in [2.45, 2.75) is 17.9 Å². The lowest BCUT2D eigenvalue weighted by atomic mass is 10.2. The first-order chi connectivity index (χ1) is 9.59. The highest BCUT2D eigenvalue weighted by Gasteiger charge is 2.16. The molecule has 0 saturated carbocycles. The molecule has 0 amide bonds. The fourth-order valence-electron chi connectivity index (χ4n) is 2.07. The van der Waals surface area contributed by atoms with Gasteiger partial charge in [-0.2, -0.15) is 0 Å². The van der Waals surface area contributed by atoms with Crippen LogP contribution >= 0.6 is 12.6 Å². The average molecular weight is 286 g/mol. The summed E-state index contributed by atoms with van der Waals surface area (Å²) in [6.07, 6.45) is 0. The second-order valence-electron chi connectivity index (χ2n) is 5.25. The van der Waals surface area contributed by atoms with Gasteiger partial charge in [-0.3, -0.25) is 0 Å². The maximum atomic E-state index is 4.61. The quantitative estimate of drug-likeness (QED) is 0.828. The highest BCUT2D eigenvalue weighted by Crippen LogP contribution is 2.30. The molecule has 0 saturated heterocycles. The van der Waals surface area contributed by atoms with Crippen molar-refractivity contribution < 1.29 is 0 Å². The predicted octanol–water partition coefficient (Wildman–Crippen LogP) is 4.06. The van der Waals surface area contributed by atoms with Gasteiger partial charge in [0.15, 0.2) is 0 Å². The summed E-state index contributed by atoms with van der Waals surface area (Å²) in [6, 6.07) is 19.2. The predicted molar refractivity (Wildman–Crippen MR) is 90.3 cm³/mol. The Hall–Kier alpha value is -1.45. The van der Waals surface area contributed by atoms with Crippen LogP contribution in [0.3, 0.4) is 0 Å². The molecule has 20 heavy (non-hydrogen) atoms. The lowest BCUT2D eigenvalue weighted by Gasteiger charge is -2.31. The fraction of sp³-hybridized carbons (Fsp3) is 0.294. The zero-order chi connectivity index (χ0) is 14.5. The SMILES string of the molecule is CC(CN(c1ccccc1)c1ccccc1S)N(C)C. The van der Waals surface area contributed by atoms with Crippen LogP contribution < -0.4 is 4.90 Å². The van der Waals surface area contributed by atoms with E-state index in [9.17, 15) is 0 Å². The molecule has 2 aromatic rings. The van der Waals surface area contributed by atoms with Crippen LogP contribution in [0.25, 0.3) is 0 Å². The van der Waals surface area contributed by atoms with Crippen LogP contribution in [0, 0.1) is 0 Å². The Morgan fingerprint density at radius 1 is 0.950 bits per heavy atom. The molecule has 2 rings (SSSR count). The van der Waals surface area contributed by atoms with Crippen molar-refractivity contribution in [1.29, 1.82) is 0 Å². The van der Waals surface area contributed by atoms with Crippen molar-refractivity contribution in [3.63, 3.8) is 0 Å².